The lowest BCUT2D eigenvalue weighted by atomic mass is 9.87. The van der Waals surface area contributed by atoms with Crippen molar-refractivity contribution < 1.29 is 14.3 Å². The van der Waals surface area contributed by atoms with Crippen molar-refractivity contribution in [3.63, 3.8) is 0 Å². The number of hydrogen-bond acceptors (Lipinski definition) is 4. The monoisotopic (exact) mass is 261 g/mol. The zero-order chi connectivity index (χ0) is 13.3. The average molecular weight is 261 g/mol. The van der Waals surface area contributed by atoms with Crippen LogP contribution in [-0.4, -0.2) is 31.3 Å². The summed E-state index contributed by atoms with van der Waals surface area (Å²) in [6.07, 6.45) is 3.02. The zero-order valence-corrected chi connectivity index (χ0v) is 11.2. The molecule has 2 heterocycles. The predicted octanol–water partition coefficient (Wildman–Crippen LogP) is 2.38. The van der Waals surface area contributed by atoms with Crippen LogP contribution in [0.2, 0.25) is 0 Å². The molecule has 2 aliphatic heterocycles. The SMILES string of the molecule is CCOC(=O)c1ccc2c(c1)CC1(CCOCC1)N2. The fourth-order valence-corrected chi connectivity index (χ4v) is 2.96. The molecule has 1 saturated heterocycles. The van der Waals surface area contributed by atoms with Gasteiger partial charge in [0.05, 0.1) is 12.2 Å². The number of benzene rings is 1. The van der Waals surface area contributed by atoms with Gasteiger partial charge in [-0.2, -0.15) is 0 Å². The second kappa shape index (κ2) is 4.85. The first-order chi connectivity index (χ1) is 9.22. The standard InChI is InChI=1S/C15H19NO3/c1-2-19-14(17)11-3-4-13-12(9-11)10-15(16-13)5-7-18-8-6-15/h3-4,9,16H,2,5-8,10H2,1H3. The van der Waals surface area contributed by atoms with Crippen LogP contribution in [0.15, 0.2) is 18.2 Å². The molecular weight excluding hydrogens is 242 g/mol. The highest BCUT2D eigenvalue weighted by Crippen LogP contribution is 2.38. The number of carbonyl (C=O) groups is 1. The third kappa shape index (κ3) is 2.32. The van der Waals surface area contributed by atoms with E-state index in [-0.39, 0.29) is 11.5 Å². The summed E-state index contributed by atoms with van der Waals surface area (Å²) in [6, 6.07) is 5.79. The van der Waals surface area contributed by atoms with Crippen LogP contribution in [0.3, 0.4) is 0 Å². The van der Waals surface area contributed by atoms with Crippen LogP contribution < -0.4 is 5.32 Å². The molecule has 0 aliphatic carbocycles. The number of ether oxygens (including phenoxy) is 2. The van der Waals surface area contributed by atoms with E-state index in [1.54, 1.807) is 0 Å². The maximum absolute atomic E-state index is 11.7. The molecule has 0 saturated carbocycles. The Balaban J connectivity index is 1.81. The Morgan fingerprint density at radius 1 is 1.42 bits per heavy atom. The fraction of sp³-hybridized carbons (Fsp3) is 0.533. The summed E-state index contributed by atoms with van der Waals surface area (Å²) in [6.45, 7) is 3.86. The van der Waals surface area contributed by atoms with Crippen molar-refractivity contribution in [3.8, 4) is 0 Å². The summed E-state index contributed by atoms with van der Waals surface area (Å²) in [7, 11) is 0. The van der Waals surface area contributed by atoms with Crippen LogP contribution in [0.4, 0.5) is 5.69 Å². The van der Waals surface area contributed by atoms with Crippen LogP contribution in [0, 0.1) is 0 Å². The van der Waals surface area contributed by atoms with E-state index in [9.17, 15) is 4.79 Å². The van der Waals surface area contributed by atoms with Crippen molar-refractivity contribution in [3.05, 3.63) is 29.3 Å². The van der Waals surface area contributed by atoms with Gasteiger partial charge in [0, 0.05) is 24.4 Å². The van der Waals surface area contributed by atoms with Gasteiger partial charge >= 0.3 is 5.97 Å². The van der Waals surface area contributed by atoms with Crippen molar-refractivity contribution in [2.45, 2.75) is 31.7 Å². The Morgan fingerprint density at radius 3 is 2.95 bits per heavy atom. The van der Waals surface area contributed by atoms with Gasteiger partial charge in [-0.1, -0.05) is 0 Å². The molecule has 0 bridgehead atoms. The van der Waals surface area contributed by atoms with Crippen molar-refractivity contribution in [1.29, 1.82) is 0 Å². The molecule has 0 radical (unpaired) electrons. The predicted molar refractivity (Wildman–Crippen MR) is 72.5 cm³/mol. The van der Waals surface area contributed by atoms with E-state index >= 15 is 0 Å². The van der Waals surface area contributed by atoms with E-state index in [4.69, 9.17) is 9.47 Å². The van der Waals surface area contributed by atoms with Crippen LogP contribution in [0.1, 0.15) is 35.7 Å². The van der Waals surface area contributed by atoms with Crippen molar-refractivity contribution in [1.82, 2.24) is 0 Å². The highest BCUT2D eigenvalue weighted by molar-refractivity contribution is 5.90. The van der Waals surface area contributed by atoms with E-state index in [0.29, 0.717) is 12.2 Å². The largest absolute Gasteiger partial charge is 0.462 e. The van der Waals surface area contributed by atoms with E-state index in [1.807, 2.05) is 25.1 Å². The minimum Gasteiger partial charge on any atom is -0.462 e. The molecule has 0 atom stereocenters. The molecule has 0 amide bonds. The highest BCUT2D eigenvalue weighted by Gasteiger charge is 2.38. The molecule has 1 N–H and O–H groups in total. The summed E-state index contributed by atoms with van der Waals surface area (Å²) >= 11 is 0. The first-order valence-corrected chi connectivity index (χ1v) is 6.88. The van der Waals surface area contributed by atoms with Gasteiger partial charge in [-0.3, -0.25) is 0 Å². The van der Waals surface area contributed by atoms with Gasteiger partial charge in [0.1, 0.15) is 0 Å². The molecular formula is C15H19NO3. The smallest absolute Gasteiger partial charge is 0.338 e. The number of rotatable bonds is 2. The van der Waals surface area contributed by atoms with Crippen LogP contribution in [-0.2, 0) is 15.9 Å². The lowest BCUT2D eigenvalue weighted by Crippen LogP contribution is -2.41. The maximum Gasteiger partial charge on any atom is 0.338 e. The number of esters is 1. The van der Waals surface area contributed by atoms with Gasteiger partial charge in [0.25, 0.3) is 0 Å². The Labute approximate surface area is 113 Å². The van der Waals surface area contributed by atoms with Gasteiger partial charge in [-0.15, -0.1) is 0 Å². The summed E-state index contributed by atoms with van der Waals surface area (Å²) in [5.41, 5.74) is 3.14. The summed E-state index contributed by atoms with van der Waals surface area (Å²) in [5, 5.41) is 3.62. The molecule has 0 unspecified atom stereocenters. The summed E-state index contributed by atoms with van der Waals surface area (Å²) in [4.78, 5) is 11.7. The van der Waals surface area contributed by atoms with E-state index in [1.165, 1.54) is 5.56 Å². The minimum absolute atomic E-state index is 0.133. The average Bonchev–Trinajstić information content (AvgIpc) is 2.76. The second-order valence-electron chi connectivity index (χ2n) is 5.29. The molecule has 1 spiro atoms. The Kier molecular flexibility index (Phi) is 3.19. The Morgan fingerprint density at radius 2 is 2.21 bits per heavy atom. The van der Waals surface area contributed by atoms with Crippen molar-refractivity contribution >= 4 is 11.7 Å². The Hall–Kier alpha value is -1.55. The second-order valence-corrected chi connectivity index (χ2v) is 5.29. The molecule has 1 aromatic carbocycles. The van der Waals surface area contributed by atoms with E-state index in [0.717, 1.165) is 38.2 Å². The minimum atomic E-state index is -0.238. The number of hydrogen-bond donors (Lipinski definition) is 1. The van der Waals surface area contributed by atoms with Crippen LogP contribution in [0.25, 0.3) is 0 Å². The lowest BCUT2D eigenvalue weighted by molar-refractivity contribution is 0.0525. The number of carbonyl (C=O) groups excluding carboxylic acids is 1. The molecule has 102 valence electrons. The third-order valence-corrected chi connectivity index (χ3v) is 3.99. The quantitative estimate of drug-likeness (QED) is 0.830. The molecule has 4 nitrogen and oxygen atoms in total. The molecule has 1 aromatic rings. The zero-order valence-electron chi connectivity index (χ0n) is 11.2. The van der Waals surface area contributed by atoms with Gasteiger partial charge in [-0.05, 0) is 49.9 Å². The summed E-state index contributed by atoms with van der Waals surface area (Å²) < 4.78 is 10.5. The van der Waals surface area contributed by atoms with Gasteiger partial charge in [0.15, 0.2) is 0 Å². The topological polar surface area (TPSA) is 47.6 Å². The summed E-state index contributed by atoms with van der Waals surface area (Å²) in [5.74, 6) is -0.238. The molecule has 19 heavy (non-hydrogen) atoms. The maximum atomic E-state index is 11.7. The Bertz CT molecular complexity index is 492. The van der Waals surface area contributed by atoms with Gasteiger partial charge < -0.3 is 14.8 Å². The highest BCUT2D eigenvalue weighted by atomic mass is 16.5. The molecule has 4 heteroatoms. The molecule has 2 aliphatic rings. The van der Waals surface area contributed by atoms with Crippen molar-refractivity contribution in [2.75, 3.05) is 25.1 Å². The first-order valence-electron chi connectivity index (χ1n) is 6.88. The number of anilines is 1. The van der Waals surface area contributed by atoms with Gasteiger partial charge in [-0.25, -0.2) is 4.79 Å². The number of nitrogens with one attached hydrogen (secondary N) is 1. The number of fused-ring (bicyclic) bond motifs is 1. The van der Waals surface area contributed by atoms with Gasteiger partial charge in [0.2, 0.25) is 0 Å². The van der Waals surface area contributed by atoms with Crippen LogP contribution >= 0.6 is 0 Å². The van der Waals surface area contributed by atoms with E-state index < -0.39 is 0 Å². The molecule has 3 rings (SSSR count). The normalized spacial score (nSPS) is 19.8. The van der Waals surface area contributed by atoms with Crippen LogP contribution in [0.5, 0.6) is 0 Å². The lowest BCUT2D eigenvalue weighted by Gasteiger charge is -2.34. The van der Waals surface area contributed by atoms with E-state index in [2.05, 4.69) is 5.32 Å². The molecule has 0 aromatic heterocycles. The van der Waals surface area contributed by atoms with Crippen molar-refractivity contribution in [2.24, 2.45) is 0 Å². The first kappa shape index (κ1) is 12.5. The fourth-order valence-electron chi connectivity index (χ4n) is 2.96. The molecule has 1 fully saturated rings. The third-order valence-electron chi connectivity index (χ3n) is 3.99.